The highest BCUT2D eigenvalue weighted by Gasteiger charge is 2.18. The zero-order valence-corrected chi connectivity index (χ0v) is 13.8. The van der Waals surface area contributed by atoms with Crippen LogP contribution >= 0.6 is 11.6 Å². The summed E-state index contributed by atoms with van der Waals surface area (Å²) in [5.41, 5.74) is 0.259. The van der Waals surface area contributed by atoms with Gasteiger partial charge in [0, 0.05) is 18.2 Å². The quantitative estimate of drug-likeness (QED) is 0.763. The Kier molecular flexibility index (Phi) is 7.11. The lowest BCUT2D eigenvalue weighted by Gasteiger charge is -2.23. The molecule has 6 nitrogen and oxygen atoms in total. The number of ether oxygens (including phenoxy) is 4. The van der Waals surface area contributed by atoms with Crippen LogP contribution in [0.4, 0.5) is 0 Å². The Morgan fingerprint density at radius 1 is 1.39 bits per heavy atom. The van der Waals surface area contributed by atoms with Gasteiger partial charge in [-0.05, 0) is 31.0 Å². The number of benzene rings is 1. The minimum atomic E-state index is -0.803. The Hall–Kier alpha value is -1.34. The molecule has 1 aliphatic rings. The minimum Gasteiger partial charge on any atom is -0.490 e. The minimum absolute atomic E-state index is 0.00639. The third-order valence-corrected chi connectivity index (χ3v) is 3.71. The molecule has 1 fully saturated rings. The highest BCUT2D eigenvalue weighted by atomic mass is 35.5. The van der Waals surface area contributed by atoms with Crippen LogP contribution in [0.1, 0.15) is 23.2 Å². The van der Waals surface area contributed by atoms with Crippen molar-refractivity contribution in [1.82, 2.24) is 0 Å². The third-order valence-electron chi connectivity index (χ3n) is 3.47. The van der Waals surface area contributed by atoms with Crippen molar-refractivity contribution in [3.63, 3.8) is 0 Å². The van der Waals surface area contributed by atoms with E-state index in [-0.39, 0.29) is 30.6 Å². The van der Waals surface area contributed by atoms with Gasteiger partial charge >= 0.3 is 5.97 Å². The van der Waals surface area contributed by atoms with Crippen LogP contribution < -0.4 is 4.74 Å². The third kappa shape index (κ3) is 5.66. The van der Waals surface area contributed by atoms with E-state index >= 15 is 0 Å². The van der Waals surface area contributed by atoms with Crippen molar-refractivity contribution in [3.05, 3.63) is 28.8 Å². The maximum absolute atomic E-state index is 11.7. The molecule has 1 atom stereocenters. The van der Waals surface area contributed by atoms with Gasteiger partial charge in [0.25, 0.3) is 0 Å². The zero-order chi connectivity index (χ0) is 16.7. The van der Waals surface area contributed by atoms with Crippen LogP contribution in [0.25, 0.3) is 0 Å². The van der Waals surface area contributed by atoms with Crippen LogP contribution in [0.15, 0.2) is 18.2 Å². The Balaban J connectivity index is 1.84. The summed E-state index contributed by atoms with van der Waals surface area (Å²) in [6, 6.07) is 4.61. The molecule has 2 rings (SSSR count). The molecule has 0 aliphatic carbocycles. The lowest BCUT2D eigenvalue weighted by atomic mass is 10.1. The van der Waals surface area contributed by atoms with Crippen LogP contribution in [0.2, 0.25) is 5.02 Å². The van der Waals surface area contributed by atoms with Crippen molar-refractivity contribution in [1.29, 1.82) is 0 Å². The lowest BCUT2D eigenvalue weighted by molar-refractivity contribution is -0.0659. The standard InChI is InChI=1S/C16H21ClO6/c1-20-16(19)14-3-2-11(17)8-15(14)23-10-12(18)9-22-13-4-6-21-7-5-13/h2-3,8,12-13,18H,4-7,9-10H2,1H3. The van der Waals surface area contributed by atoms with Crippen molar-refractivity contribution in [2.75, 3.05) is 33.5 Å². The monoisotopic (exact) mass is 344 g/mol. The van der Waals surface area contributed by atoms with Crippen molar-refractivity contribution in [2.24, 2.45) is 0 Å². The molecule has 0 aromatic heterocycles. The van der Waals surface area contributed by atoms with Gasteiger partial charge in [0.2, 0.25) is 0 Å². The molecule has 0 amide bonds. The summed E-state index contributed by atoms with van der Waals surface area (Å²) >= 11 is 5.91. The number of hydrogen-bond donors (Lipinski definition) is 1. The first-order valence-electron chi connectivity index (χ1n) is 7.48. The van der Waals surface area contributed by atoms with Crippen molar-refractivity contribution < 1.29 is 28.8 Å². The van der Waals surface area contributed by atoms with Gasteiger partial charge in [-0.3, -0.25) is 0 Å². The van der Waals surface area contributed by atoms with Gasteiger partial charge in [0.15, 0.2) is 0 Å². The molecule has 7 heteroatoms. The number of aliphatic hydroxyl groups excluding tert-OH is 1. The van der Waals surface area contributed by atoms with Gasteiger partial charge in [-0.1, -0.05) is 11.6 Å². The summed E-state index contributed by atoms with van der Waals surface area (Å²) in [4.78, 5) is 11.7. The zero-order valence-electron chi connectivity index (χ0n) is 13.0. The average molecular weight is 345 g/mol. The fraction of sp³-hybridized carbons (Fsp3) is 0.562. The number of carbonyl (C=O) groups excluding carboxylic acids is 1. The molecule has 0 spiro atoms. The van der Waals surface area contributed by atoms with Gasteiger partial charge in [-0.15, -0.1) is 0 Å². The first-order valence-corrected chi connectivity index (χ1v) is 7.86. The second-order valence-electron chi connectivity index (χ2n) is 5.24. The molecule has 1 aromatic rings. The predicted molar refractivity (Wildman–Crippen MR) is 84.1 cm³/mol. The molecule has 1 aliphatic heterocycles. The largest absolute Gasteiger partial charge is 0.490 e. The Morgan fingerprint density at radius 2 is 2.13 bits per heavy atom. The molecule has 1 aromatic carbocycles. The van der Waals surface area contributed by atoms with Crippen molar-refractivity contribution in [3.8, 4) is 5.75 Å². The number of esters is 1. The lowest BCUT2D eigenvalue weighted by Crippen LogP contribution is -2.30. The first kappa shape index (κ1) is 18.0. The van der Waals surface area contributed by atoms with Gasteiger partial charge in [-0.25, -0.2) is 4.79 Å². The predicted octanol–water partition coefficient (Wildman–Crippen LogP) is 2.06. The molecule has 0 bridgehead atoms. The normalized spacial score (nSPS) is 16.8. The average Bonchev–Trinajstić information content (AvgIpc) is 2.58. The summed E-state index contributed by atoms with van der Waals surface area (Å²) in [5, 5.41) is 10.4. The van der Waals surface area contributed by atoms with Crippen LogP contribution in [-0.4, -0.2) is 56.8 Å². The van der Waals surface area contributed by atoms with Gasteiger partial charge < -0.3 is 24.1 Å². The topological polar surface area (TPSA) is 74.2 Å². The Bertz CT molecular complexity index is 515. The van der Waals surface area contributed by atoms with Crippen LogP contribution in [0.3, 0.4) is 0 Å². The van der Waals surface area contributed by atoms with E-state index in [1.807, 2.05) is 0 Å². The van der Waals surface area contributed by atoms with Gasteiger partial charge in [0.1, 0.15) is 24.0 Å². The van der Waals surface area contributed by atoms with Crippen LogP contribution in [0, 0.1) is 0 Å². The van der Waals surface area contributed by atoms with E-state index in [2.05, 4.69) is 4.74 Å². The summed E-state index contributed by atoms with van der Waals surface area (Å²) in [5.74, 6) is -0.251. The fourth-order valence-electron chi connectivity index (χ4n) is 2.22. The number of halogens is 1. The fourth-order valence-corrected chi connectivity index (χ4v) is 2.38. The molecular formula is C16H21ClO6. The second-order valence-corrected chi connectivity index (χ2v) is 5.68. The van der Waals surface area contributed by atoms with Gasteiger partial charge in [-0.2, -0.15) is 0 Å². The molecule has 0 radical (unpaired) electrons. The summed E-state index contributed by atoms with van der Waals surface area (Å²) in [7, 11) is 1.29. The first-order chi connectivity index (χ1) is 11.1. The molecule has 0 saturated carbocycles. The summed E-state index contributed by atoms with van der Waals surface area (Å²) < 4.78 is 21.1. The molecule has 23 heavy (non-hydrogen) atoms. The van der Waals surface area contributed by atoms with E-state index in [9.17, 15) is 9.90 Å². The second kappa shape index (κ2) is 9.08. The Labute approximate surface area is 140 Å². The molecule has 128 valence electrons. The maximum atomic E-state index is 11.7. The molecular weight excluding hydrogens is 324 g/mol. The number of aliphatic hydroxyl groups is 1. The number of methoxy groups -OCH3 is 1. The Morgan fingerprint density at radius 3 is 2.83 bits per heavy atom. The van der Waals surface area contributed by atoms with E-state index in [4.69, 9.17) is 25.8 Å². The SMILES string of the molecule is COC(=O)c1ccc(Cl)cc1OCC(O)COC1CCOCC1. The molecule has 1 unspecified atom stereocenters. The van der Waals surface area contributed by atoms with Gasteiger partial charge in [0.05, 0.1) is 19.8 Å². The van der Waals surface area contributed by atoms with Crippen molar-refractivity contribution in [2.45, 2.75) is 25.0 Å². The maximum Gasteiger partial charge on any atom is 0.341 e. The van der Waals surface area contributed by atoms with Crippen molar-refractivity contribution >= 4 is 17.6 Å². The van der Waals surface area contributed by atoms with Crippen LogP contribution in [0.5, 0.6) is 5.75 Å². The van der Waals surface area contributed by atoms with Crippen LogP contribution in [-0.2, 0) is 14.2 Å². The molecule has 1 N–H and O–H groups in total. The van der Waals surface area contributed by atoms with E-state index in [1.54, 1.807) is 6.07 Å². The van der Waals surface area contributed by atoms with E-state index in [0.29, 0.717) is 18.2 Å². The smallest absolute Gasteiger partial charge is 0.341 e. The van der Waals surface area contributed by atoms with E-state index in [0.717, 1.165) is 12.8 Å². The molecule has 1 saturated heterocycles. The summed E-state index contributed by atoms with van der Waals surface area (Å²) in [6.45, 7) is 1.52. The van der Waals surface area contributed by atoms with E-state index < -0.39 is 12.1 Å². The van der Waals surface area contributed by atoms with E-state index in [1.165, 1.54) is 19.2 Å². The number of carbonyl (C=O) groups is 1. The number of rotatable bonds is 7. The molecule has 1 heterocycles. The number of hydrogen-bond acceptors (Lipinski definition) is 6. The highest BCUT2D eigenvalue weighted by molar-refractivity contribution is 6.30. The highest BCUT2D eigenvalue weighted by Crippen LogP contribution is 2.24. The summed E-state index contributed by atoms with van der Waals surface area (Å²) in [6.07, 6.45) is 0.959.